The molecule has 4 heteroatoms. The molecule has 0 N–H and O–H groups in total. The highest BCUT2D eigenvalue weighted by Gasteiger charge is 2.44. The predicted molar refractivity (Wildman–Crippen MR) is 70.8 cm³/mol. The lowest BCUT2D eigenvalue weighted by molar-refractivity contribution is -0.136. The molecular formula is C16H14N2O2. The molecule has 2 bridgehead atoms. The Morgan fingerprint density at radius 1 is 1.35 bits per heavy atom. The van der Waals surface area contributed by atoms with Gasteiger partial charge in [-0.25, -0.2) is 4.79 Å². The van der Waals surface area contributed by atoms with Crippen LogP contribution in [0.15, 0.2) is 33.9 Å². The SMILES string of the molecule is COC(=O)C1=CCC2=C(C1)C1CC(=C(C#N)C#N)C2C1. The molecule has 100 valence electrons. The van der Waals surface area contributed by atoms with E-state index < -0.39 is 0 Å². The van der Waals surface area contributed by atoms with Crippen molar-refractivity contribution in [3.8, 4) is 12.1 Å². The number of allylic oxidation sites excluding steroid dienone is 5. The number of hydrogen-bond acceptors (Lipinski definition) is 4. The fraction of sp³-hybridized carbons (Fsp3) is 0.438. The molecular weight excluding hydrogens is 252 g/mol. The maximum atomic E-state index is 11.6. The van der Waals surface area contributed by atoms with Gasteiger partial charge in [0.15, 0.2) is 0 Å². The zero-order valence-corrected chi connectivity index (χ0v) is 11.3. The molecule has 0 aromatic heterocycles. The van der Waals surface area contributed by atoms with Crippen LogP contribution in [0.4, 0.5) is 0 Å². The van der Waals surface area contributed by atoms with Crippen molar-refractivity contribution in [1.82, 2.24) is 0 Å². The maximum Gasteiger partial charge on any atom is 0.333 e. The molecule has 2 unspecified atom stereocenters. The van der Waals surface area contributed by atoms with Crippen LogP contribution in [-0.4, -0.2) is 13.1 Å². The van der Waals surface area contributed by atoms with Crippen molar-refractivity contribution >= 4 is 5.97 Å². The largest absolute Gasteiger partial charge is 0.466 e. The van der Waals surface area contributed by atoms with Gasteiger partial charge in [-0.05, 0) is 30.8 Å². The molecule has 1 fully saturated rings. The Kier molecular flexibility index (Phi) is 2.95. The lowest BCUT2D eigenvalue weighted by Crippen LogP contribution is -2.15. The summed E-state index contributed by atoms with van der Waals surface area (Å²) >= 11 is 0. The number of carbonyl (C=O) groups is 1. The fourth-order valence-corrected chi connectivity index (χ4v) is 3.80. The summed E-state index contributed by atoms with van der Waals surface area (Å²) in [5.74, 6) is 0.402. The van der Waals surface area contributed by atoms with Crippen molar-refractivity contribution in [3.63, 3.8) is 0 Å². The molecule has 0 heterocycles. The Labute approximate surface area is 117 Å². The highest BCUT2D eigenvalue weighted by atomic mass is 16.5. The molecule has 2 atom stereocenters. The van der Waals surface area contributed by atoms with Gasteiger partial charge in [0.25, 0.3) is 0 Å². The lowest BCUT2D eigenvalue weighted by Gasteiger charge is -2.25. The van der Waals surface area contributed by atoms with Gasteiger partial charge in [-0.1, -0.05) is 17.2 Å². The molecule has 3 aliphatic rings. The summed E-state index contributed by atoms with van der Waals surface area (Å²) in [5.41, 5.74) is 4.70. The molecule has 0 radical (unpaired) electrons. The highest BCUT2D eigenvalue weighted by molar-refractivity contribution is 5.89. The second kappa shape index (κ2) is 4.65. The minimum Gasteiger partial charge on any atom is -0.466 e. The lowest BCUT2D eigenvalue weighted by atomic mass is 9.79. The van der Waals surface area contributed by atoms with Gasteiger partial charge in [0.1, 0.15) is 17.7 Å². The molecule has 4 nitrogen and oxygen atoms in total. The van der Waals surface area contributed by atoms with Gasteiger partial charge < -0.3 is 4.74 Å². The number of esters is 1. The van der Waals surface area contributed by atoms with Crippen LogP contribution in [0.2, 0.25) is 0 Å². The average Bonchev–Trinajstić information content (AvgIpc) is 3.06. The third kappa shape index (κ3) is 1.69. The van der Waals surface area contributed by atoms with Gasteiger partial charge >= 0.3 is 5.97 Å². The standard InChI is InChI=1S/C16H14N2O2/c1-20-16(19)9-2-3-12-13(4-9)10-5-14(15(12)6-10)11(7-17)8-18/h2,10,15H,3-6H2,1H3. The van der Waals surface area contributed by atoms with E-state index in [0.717, 1.165) is 30.4 Å². The summed E-state index contributed by atoms with van der Waals surface area (Å²) in [7, 11) is 1.40. The minimum absolute atomic E-state index is 0.246. The van der Waals surface area contributed by atoms with Crippen molar-refractivity contribution in [2.75, 3.05) is 7.11 Å². The molecule has 20 heavy (non-hydrogen) atoms. The minimum atomic E-state index is -0.246. The van der Waals surface area contributed by atoms with E-state index in [1.807, 2.05) is 18.2 Å². The van der Waals surface area contributed by atoms with E-state index in [-0.39, 0.29) is 17.5 Å². The van der Waals surface area contributed by atoms with Crippen molar-refractivity contribution < 1.29 is 9.53 Å². The monoisotopic (exact) mass is 266 g/mol. The van der Waals surface area contributed by atoms with Crippen LogP contribution in [0.25, 0.3) is 0 Å². The van der Waals surface area contributed by atoms with Crippen LogP contribution in [-0.2, 0) is 9.53 Å². The Bertz CT molecular complexity index is 652. The number of hydrogen-bond donors (Lipinski definition) is 0. The highest BCUT2D eigenvalue weighted by Crippen LogP contribution is 2.56. The number of methoxy groups -OCH3 is 1. The summed E-state index contributed by atoms with van der Waals surface area (Å²) in [4.78, 5) is 11.6. The van der Waals surface area contributed by atoms with Crippen molar-refractivity contribution in [2.45, 2.75) is 25.7 Å². The van der Waals surface area contributed by atoms with E-state index in [1.165, 1.54) is 18.3 Å². The molecule has 1 saturated carbocycles. The zero-order chi connectivity index (χ0) is 14.3. The zero-order valence-electron chi connectivity index (χ0n) is 11.3. The van der Waals surface area contributed by atoms with E-state index in [2.05, 4.69) is 0 Å². The van der Waals surface area contributed by atoms with Crippen molar-refractivity contribution in [1.29, 1.82) is 10.5 Å². The molecule has 0 amide bonds. The molecule has 0 aromatic rings. The third-order valence-corrected chi connectivity index (χ3v) is 4.67. The number of rotatable bonds is 1. The molecule has 0 spiro atoms. The predicted octanol–water partition coefficient (Wildman–Crippen LogP) is 2.56. The van der Waals surface area contributed by atoms with Gasteiger partial charge in [-0.15, -0.1) is 0 Å². The Morgan fingerprint density at radius 3 is 2.75 bits per heavy atom. The van der Waals surface area contributed by atoms with E-state index in [1.54, 1.807) is 0 Å². The van der Waals surface area contributed by atoms with Crippen LogP contribution < -0.4 is 0 Å². The number of carbonyl (C=O) groups excluding carboxylic acids is 1. The average molecular weight is 266 g/mol. The molecule has 0 aliphatic heterocycles. The first-order valence-corrected chi connectivity index (χ1v) is 6.72. The van der Waals surface area contributed by atoms with Gasteiger partial charge in [0, 0.05) is 17.9 Å². The van der Waals surface area contributed by atoms with E-state index >= 15 is 0 Å². The second-order valence-corrected chi connectivity index (χ2v) is 5.47. The van der Waals surface area contributed by atoms with Crippen LogP contribution in [0.1, 0.15) is 25.7 Å². The summed E-state index contributed by atoms with van der Waals surface area (Å²) in [6.45, 7) is 0. The van der Waals surface area contributed by atoms with Crippen molar-refractivity contribution in [2.24, 2.45) is 11.8 Å². The molecule has 3 aliphatic carbocycles. The number of ether oxygens (including phenoxy) is 1. The Morgan fingerprint density at radius 2 is 2.10 bits per heavy atom. The summed E-state index contributed by atoms with van der Waals surface area (Å²) in [6.07, 6.45) is 5.14. The van der Waals surface area contributed by atoms with Crippen LogP contribution >= 0.6 is 0 Å². The first-order valence-electron chi connectivity index (χ1n) is 6.72. The third-order valence-electron chi connectivity index (χ3n) is 4.67. The normalized spacial score (nSPS) is 26.6. The number of nitrogens with zero attached hydrogens (tertiary/aromatic N) is 2. The Balaban J connectivity index is 1.91. The van der Waals surface area contributed by atoms with Gasteiger partial charge in [0.05, 0.1) is 7.11 Å². The molecule has 0 aromatic carbocycles. The van der Waals surface area contributed by atoms with Crippen LogP contribution in [0.5, 0.6) is 0 Å². The van der Waals surface area contributed by atoms with Gasteiger partial charge in [-0.2, -0.15) is 10.5 Å². The topological polar surface area (TPSA) is 73.9 Å². The molecule has 3 rings (SSSR count). The second-order valence-electron chi connectivity index (χ2n) is 5.47. The summed E-state index contributed by atoms with van der Waals surface area (Å²) < 4.78 is 4.79. The number of nitriles is 2. The van der Waals surface area contributed by atoms with E-state index in [9.17, 15) is 4.79 Å². The van der Waals surface area contributed by atoms with Crippen molar-refractivity contribution in [3.05, 3.63) is 33.9 Å². The summed E-state index contributed by atoms with van der Waals surface area (Å²) in [6, 6.07) is 4.03. The quantitative estimate of drug-likeness (QED) is 0.415. The van der Waals surface area contributed by atoms with Gasteiger partial charge in [-0.3, -0.25) is 0 Å². The fourth-order valence-electron chi connectivity index (χ4n) is 3.80. The summed E-state index contributed by atoms with van der Waals surface area (Å²) in [5, 5.41) is 18.1. The smallest absolute Gasteiger partial charge is 0.333 e. The first kappa shape index (κ1) is 12.7. The number of fused-ring (bicyclic) bond motifs is 4. The molecule has 0 saturated heterocycles. The first-order chi connectivity index (χ1) is 9.69. The van der Waals surface area contributed by atoms with E-state index in [4.69, 9.17) is 15.3 Å². The van der Waals surface area contributed by atoms with Gasteiger partial charge in [0.2, 0.25) is 0 Å². The maximum absolute atomic E-state index is 11.6. The van der Waals surface area contributed by atoms with E-state index in [0.29, 0.717) is 12.3 Å². The Hall–Kier alpha value is -2.33. The van der Waals surface area contributed by atoms with Crippen LogP contribution in [0, 0.1) is 34.5 Å². The van der Waals surface area contributed by atoms with Crippen LogP contribution in [0.3, 0.4) is 0 Å².